The van der Waals surface area contributed by atoms with Crippen LogP contribution >= 0.6 is 47.8 Å². The summed E-state index contributed by atoms with van der Waals surface area (Å²) in [5, 5.41) is 31.7. The number of aliphatic hydroxyl groups is 3. The third-order valence-corrected chi connectivity index (χ3v) is 9.36. The maximum atomic E-state index is 12.8. The van der Waals surface area contributed by atoms with Crippen molar-refractivity contribution >= 4 is 83.6 Å². The number of hydrogen-bond donors (Lipinski definition) is 3. The molecule has 0 aliphatic heterocycles. The highest BCUT2D eigenvalue weighted by Gasteiger charge is 2.44. The monoisotopic (exact) mass is 1010 g/mol. The van der Waals surface area contributed by atoms with E-state index in [1.807, 2.05) is 6.92 Å². The summed E-state index contributed by atoms with van der Waals surface area (Å²) < 4.78 is 27.3. The molecule has 3 unspecified atom stereocenters. The molecule has 59 heavy (non-hydrogen) atoms. The molecule has 0 aromatic heterocycles. The third kappa shape index (κ3) is 12.7. The molecule has 0 spiro atoms. The Labute approximate surface area is 366 Å². The highest BCUT2D eigenvalue weighted by atomic mass is 79.9. The fraction of sp³-hybridized carbons (Fsp3) is 0.415. The van der Waals surface area contributed by atoms with Crippen LogP contribution in [0.3, 0.4) is 0 Å². The van der Waals surface area contributed by atoms with Gasteiger partial charge in [-0.15, -0.1) is 0 Å². The second kappa shape index (κ2) is 17.8. The lowest BCUT2D eigenvalue weighted by molar-refractivity contribution is -0.216. The van der Waals surface area contributed by atoms with Crippen molar-refractivity contribution in [2.75, 3.05) is 0 Å². The summed E-state index contributed by atoms with van der Waals surface area (Å²) in [6.07, 6.45) is 0. The van der Waals surface area contributed by atoms with Gasteiger partial charge in [-0.25, -0.2) is 14.4 Å². The molecule has 0 aliphatic carbocycles. The van der Waals surface area contributed by atoms with Crippen molar-refractivity contribution in [1.82, 2.24) is 0 Å². The summed E-state index contributed by atoms with van der Waals surface area (Å²) in [6, 6.07) is 18.4. The largest absolute Gasteiger partial charge is 0.422 e. The second-order valence-electron chi connectivity index (χ2n) is 15.4. The first-order valence-corrected chi connectivity index (χ1v) is 20.0. The van der Waals surface area contributed by atoms with Gasteiger partial charge in [-0.1, -0.05) is 84.2 Å². The predicted octanol–water partition coefficient (Wildman–Crippen LogP) is 6.03. The maximum Gasteiger partial charge on any atom is 0.384 e. The van der Waals surface area contributed by atoms with Crippen molar-refractivity contribution in [3.63, 3.8) is 0 Å². The molecule has 3 aromatic rings. The topological polar surface area (TPSA) is 218 Å². The molecule has 0 saturated heterocycles. The predicted molar refractivity (Wildman–Crippen MR) is 221 cm³/mol. The van der Waals surface area contributed by atoms with E-state index < -0.39 is 71.6 Å². The molecule has 0 saturated carbocycles. The second-order valence-corrected chi connectivity index (χ2v) is 21.3. The van der Waals surface area contributed by atoms with Crippen LogP contribution in [-0.4, -0.2) is 81.5 Å². The molecule has 0 aliphatic rings. The third-order valence-electron chi connectivity index (χ3n) is 8.39. The Morgan fingerprint density at radius 3 is 0.729 bits per heavy atom. The number of rotatable bonds is 15. The SMILES string of the molecule is CC(C)(Br)C(=O)OC(C)(O)C(=O)Oc1ccc(C(C)(c2ccc(OC(=O)C(C)(O)OC(=O)C(C)(C)Br)cc2)c2ccc(OC(=O)C(C)(O)OC(=O)C(C)(C)Br)cc2)cc1. The van der Waals surface area contributed by atoms with Crippen LogP contribution in [0.25, 0.3) is 0 Å². The molecule has 0 radical (unpaired) electrons. The molecule has 3 rings (SSSR count). The minimum atomic E-state index is -2.62. The van der Waals surface area contributed by atoms with Crippen LogP contribution in [0.5, 0.6) is 17.2 Å². The van der Waals surface area contributed by atoms with Gasteiger partial charge in [-0.2, -0.15) is 0 Å². The summed E-state index contributed by atoms with van der Waals surface area (Å²) in [7, 11) is 0. The van der Waals surface area contributed by atoms with E-state index in [1.165, 1.54) is 77.9 Å². The van der Waals surface area contributed by atoms with Crippen LogP contribution in [0.1, 0.15) is 85.9 Å². The van der Waals surface area contributed by atoms with E-state index in [9.17, 15) is 44.1 Å². The molecule has 3 N–H and O–H groups in total. The molecule has 0 amide bonds. The van der Waals surface area contributed by atoms with Crippen LogP contribution in [-0.2, 0) is 48.4 Å². The zero-order valence-electron chi connectivity index (χ0n) is 33.8. The Morgan fingerprint density at radius 1 is 0.373 bits per heavy atom. The minimum Gasteiger partial charge on any atom is -0.422 e. The summed E-state index contributed by atoms with van der Waals surface area (Å²) in [5.41, 5.74) is 0.739. The van der Waals surface area contributed by atoms with Crippen LogP contribution in [0.15, 0.2) is 72.8 Å². The lowest BCUT2D eigenvalue weighted by Crippen LogP contribution is -2.46. The number of carbonyl (C=O) groups is 6. The number of hydrogen-bond acceptors (Lipinski definition) is 15. The molecule has 0 fully saturated rings. The molecular formula is C41H45Br3O15. The van der Waals surface area contributed by atoms with E-state index in [4.69, 9.17) is 28.4 Å². The van der Waals surface area contributed by atoms with Gasteiger partial charge in [-0.3, -0.25) is 14.4 Å². The molecule has 15 nitrogen and oxygen atoms in total. The van der Waals surface area contributed by atoms with Crippen LogP contribution in [0.4, 0.5) is 0 Å². The van der Waals surface area contributed by atoms with Crippen molar-refractivity contribution in [3.8, 4) is 17.2 Å². The van der Waals surface area contributed by atoms with Gasteiger partial charge in [0.15, 0.2) is 0 Å². The summed E-state index contributed by atoms with van der Waals surface area (Å²) >= 11 is 9.33. The van der Waals surface area contributed by atoms with E-state index in [0.29, 0.717) is 16.7 Å². The van der Waals surface area contributed by atoms with Crippen LogP contribution in [0.2, 0.25) is 0 Å². The van der Waals surface area contributed by atoms with Crippen molar-refractivity contribution in [2.24, 2.45) is 0 Å². The van der Waals surface area contributed by atoms with Crippen LogP contribution < -0.4 is 14.2 Å². The zero-order valence-corrected chi connectivity index (χ0v) is 38.6. The normalized spacial score (nSPS) is 16.1. The van der Waals surface area contributed by atoms with Gasteiger partial charge in [0.05, 0.1) is 0 Å². The summed E-state index contributed by atoms with van der Waals surface area (Å²) in [6.45, 7) is 13.6. The average molecular weight is 1020 g/mol. The molecule has 3 atom stereocenters. The van der Waals surface area contributed by atoms with Crippen molar-refractivity contribution in [1.29, 1.82) is 0 Å². The van der Waals surface area contributed by atoms with E-state index >= 15 is 0 Å². The Kier molecular flexibility index (Phi) is 14.8. The van der Waals surface area contributed by atoms with Gasteiger partial charge in [0.1, 0.15) is 30.2 Å². The highest BCUT2D eigenvalue weighted by molar-refractivity contribution is 9.10. The fourth-order valence-corrected chi connectivity index (χ4v) is 4.95. The molecule has 18 heteroatoms. The van der Waals surface area contributed by atoms with Gasteiger partial charge in [0.2, 0.25) is 0 Å². The van der Waals surface area contributed by atoms with E-state index in [2.05, 4.69) is 47.8 Å². The van der Waals surface area contributed by atoms with Gasteiger partial charge in [0, 0.05) is 26.2 Å². The van der Waals surface area contributed by atoms with Crippen molar-refractivity contribution in [3.05, 3.63) is 89.5 Å². The quantitative estimate of drug-likeness (QED) is 0.0395. The standard InChI is InChI=1S/C41H45Br3O15/c1-35(2,42)29(45)57-39(8,51)32(48)54-26-17-11-23(12-18-26)38(7,24-13-19-27(20-14-24)55-33(49)40(9,52)58-30(46)36(3,4)43)25-15-21-28(22-16-25)56-34(50)41(10,53)59-31(47)37(5,6)44/h11-22,51-53H,1-10H3. The average Bonchev–Trinajstić information content (AvgIpc) is 3.10. The van der Waals surface area contributed by atoms with Gasteiger partial charge < -0.3 is 43.7 Å². The number of carbonyl (C=O) groups excluding carboxylic acids is 6. The van der Waals surface area contributed by atoms with E-state index in [0.717, 1.165) is 20.8 Å². The van der Waals surface area contributed by atoms with Gasteiger partial charge in [0.25, 0.3) is 0 Å². The van der Waals surface area contributed by atoms with Gasteiger partial charge in [-0.05, 0) is 102 Å². The highest BCUT2D eigenvalue weighted by Crippen LogP contribution is 2.41. The van der Waals surface area contributed by atoms with E-state index in [1.54, 1.807) is 36.4 Å². The van der Waals surface area contributed by atoms with Crippen molar-refractivity contribution in [2.45, 2.75) is 105 Å². The molecular weight excluding hydrogens is 972 g/mol. The minimum absolute atomic E-state index is 0.00727. The Hall–Kier alpha value is -4.20. The first-order chi connectivity index (χ1) is 26.7. The lowest BCUT2D eigenvalue weighted by Gasteiger charge is -2.32. The number of esters is 6. The first kappa shape index (κ1) is 49.2. The Morgan fingerprint density at radius 2 is 0.559 bits per heavy atom. The Bertz CT molecular complexity index is 1820. The number of ether oxygens (including phenoxy) is 6. The van der Waals surface area contributed by atoms with E-state index in [-0.39, 0.29) is 17.2 Å². The molecule has 320 valence electrons. The fourth-order valence-electron chi connectivity index (χ4n) is 4.70. The lowest BCUT2D eigenvalue weighted by atomic mass is 9.71. The Balaban J connectivity index is 1.99. The van der Waals surface area contributed by atoms with Gasteiger partial charge >= 0.3 is 53.2 Å². The first-order valence-electron chi connectivity index (χ1n) is 17.6. The smallest absolute Gasteiger partial charge is 0.384 e. The summed E-state index contributed by atoms with van der Waals surface area (Å²) in [4.78, 5) is 75.4. The number of alkyl halides is 3. The van der Waals surface area contributed by atoms with Crippen molar-refractivity contribution < 1.29 is 72.5 Å². The number of halogens is 3. The molecule has 3 aromatic carbocycles. The maximum absolute atomic E-state index is 12.8. The number of benzene rings is 3. The molecule has 0 bridgehead atoms. The molecule has 0 heterocycles. The van der Waals surface area contributed by atoms with Crippen LogP contribution in [0, 0.1) is 0 Å². The summed E-state index contributed by atoms with van der Waals surface area (Å²) in [5.74, 6) is -14.4. The zero-order chi connectivity index (χ0) is 45.2.